The van der Waals surface area contributed by atoms with Crippen molar-refractivity contribution in [1.29, 1.82) is 0 Å². The summed E-state index contributed by atoms with van der Waals surface area (Å²) in [5.74, 6) is 0. The van der Waals surface area contributed by atoms with E-state index < -0.39 is 0 Å². The van der Waals surface area contributed by atoms with E-state index in [0.29, 0.717) is 6.04 Å². The molecule has 0 spiro atoms. The third-order valence-corrected chi connectivity index (χ3v) is 5.57. The number of nitrogens with zero attached hydrogens (tertiary/aromatic N) is 4. The van der Waals surface area contributed by atoms with Crippen molar-refractivity contribution < 1.29 is 4.74 Å². The zero-order valence-corrected chi connectivity index (χ0v) is 16.2. The van der Waals surface area contributed by atoms with Crippen molar-refractivity contribution in [3.05, 3.63) is 53.9 Å². The third-order valence-electron chi connectivity index (χ3n) is 5.57. The second kappa shape index (κ2) is 8.69. The molecule has 5 nitrogen and oxygen atoms in total. The van der Waals surface area contributed by atoms with Gasteiger partial charge >= 0.3 is 0 Å². The summed E-state index contributed by atoms with van der Waals surface area (Å²) in [6, 6.07) is 4.68. The number of hydrogen-bond acceptors (Lipinski definition) is 5. The predicted molar refractivity (Wildman–Crippen MR) is 103 cm³/mol. The molecule has 2 unspecified atom stereocenters. The average Bonchev–Trinajstić information content (AvgIpc) is 3.10. The zero-order valence-electron chi connectivity index (χ0n) is 16.2. The molecule has 2 aromatic rings. The molecule has 0 bridgehead atoms. The fourth-order valence-corrected chi connectivity index (χ4v) is 3.80. The number of aryl methyl sites for hydroxylation is 2. The topological polar surface area (TPSA) is 51.1 Å². The van der Waals surface area contributed by atoms with Gasteiger partial charge in [0.2, 0.25) is 0 Å². The number of likely N-dealkylation sites (tertiary alicyclic amines) is 1. The average molecular weight is 354 g/mol. The third kappa shape index (κ3) is 4.65. The van der Waals surface area contributed by atoms with E-state index in [2.05, 4.69) is 45.8 Å². The summed E-state index contributed by atoms with van der Waals surface area (Å²) in [5, 5.41) is 0. The highest BCUT2D eigenvalue weighted by Crippen LogP contribution is 2.39. The molecule has 1 saturated heterocycles. The molecule has 26 heavy (non-hydrogen) atoms. The van der Waals surface area contributed by atoms with E-state index in [0.717, 1.165) is 57.0 Å². The molecule has 0 radical (unpaired) electrons. The van der Waals surface area contributed by atoms with Gasteiger partial charge in [0.15, 0.2) is 0 Å². The van der Waals surface area contributed by atoms with E-state index in [-0.39, 0.29) is 5.41 Å². The standard InChI is InChI=1S/C21H30N4O/c1-4-26-16-21(8-7-20-14-22-10-11-23-20)9-12-25(15-21)18(3)19-6-5-17(2)24-13-19/h5-6,10-11,13-14,18H,4,7-9,12,15-16H2,1-3H3. The Bertz CT molecular complexity index is 676. The van der Waals surface area contributed by atoms with Gasteiger partial charge in [-0.05, 0) is 58.2 Å². The van der Waals surface area contributed by atoms with E-state index in [9.17, 15) is 0 Å². The molecule has 2 atom stereocenters. The molecule has 0 N–H and O–H groups in total. The molecule has 0 saturated carbocycles. The van der Waals surface area contributed by atoms with Crippen molar-refractivity contribution in [2.24, 2.45) is 5.41 Å². The van der Waals surface area contributed by atoms with Crippen molar-refractivity contribution in [2.75, 3.05) is 26.3 Å². The Kier molecular flexibility index (Phi) is 6.33. The first-order chi connectivity index (χ1) is 12.6. The maximum atomic E-state index is 5.88. The van der Waals surface area contributed by atoms with Crippen LogP contribution in [0.25, 0.3) is 0 Å². The molecular formula is C21H30N4O. The molecule has 3 rings (SSSR count). The van der Waals surface area contributed by atoms with Crippen LogP contribution in [-0.4, -0.2) is 46.2 Å². The molecule has 2 aromatic heterocycles. The largest absolute Gasteiger partial charge is 0.381 e. The predicted octanol–water partition coefficient (Wildman–Crippen LogP) is 3.60. The number of rotatable bonds is 8. The first-order valence-corrected chi connectivity index (χ1v) is 9.61. The smallest absolute Gasteiger partial charge is 0.0586 e. The van der Waals surface area contributed by atoms with Crippen LogP contribution in [0.4, 0.5) is 0 Å². The Balaban J connectivity index is 1.67. The highest BCUT2D eigenvalue weighted by atomic mass is 16.5. The fourth-order valence-electron chi connectivity index (χ4n) is 3.80. The van der Waals surface area contributed by atoms with Crippen LogP contribution >= 0.6 is 0 Å². The SMILES string of the molecule is CCOCC1(CCc2cnccn2)CCN(C(C)c2ccc(C)nc2)C1. The number of pyridine rings is 1. The Labute approximate surface area is 156 Å². The van der Waals surface area contributed by atoms with Gasteiger partial charge in [-0.2, -0.15) is 0 Å². The summed E-state index contributed by atoms with van der Waals surface area (Å²) in [4.78, 5) is 15.7. The molecule has 0 amide bonds. The minimum atomic E-state index is 0.194. The summed E-state index contributed by atoms with van der Waals surface area (Å²) >= 11 is 0. The summed E-state index contributed by atoms with van der Waals surface area (Å²) in [5.41, 5.74) is 3.62. The summed E-state index contributed by atoms with van der Waals surface area (Å²) in [6.07, 6.45) is 10.6. The first-order valence-electron chi connectivity index (χ1n) is 9.61. The van der Waals surface area contributed by atoms with Crippen molar-refractivity contribution in [2.45, 2.75) is 46.1 Å². The van der Waals surface area contributed by atoms with Gasteiger partial charge in [0.05, 0.1) is 12.3 Å². The lowest BCUT2D eigenvalue weighted by molar-refractivity contribution is 0.0465. The highest BCUT2D eigenvalue weighted by molar-refractivity contribution is 5.17. The zero-order chi connectivity index (χ0) is 18.4. The Hall–Kier alpha value is -1.85. The summed E-state index contributed by atoms with van der Waals surface area (Å²) in [6.45, 7) is 10.1. The van der Waals surface area contributed by atoms with Crippen LogP contribution in [0.15, 0.2) is 36.9 Å². The highest BCUT2D eigenvalue weighted by Gasteiger charge is 2.39. The number of aromatic nitrogens is 3. The lowest BCUT2D eigenvalue weighted by Gasteiger charge is -2.31. The van der Waals surface area contributed by atoms with Crippen LogP contribution in [0.5, 0.6) is 0 Å². The first kappa shape index (κ1) is 18.9. The van der Waals surface area contributed by atoms with Crippen LogP contribution < -0.4 is 0 Å². The van der Waals surface area contributed by atoms with E-state index in [4.69, 9.17) is 4.74 Å². The van der Waals surface area contributed by atoms with Crippen LogP contribution in [0.3, 0.4) is 0 Å². The molecule has 1 fully saturated rings. The van der Waals surface area contributed by atoms with Gasteiger partial charge in [-0.1, -0.05) is 6.07 Å². The molecule has 1 aliphatic rings. The lowest BCUT2D eigenvalue weighted by atomic mass is 9.82. The van der Waals surface area contributed by atoms with Crippen LogP contribution in [0, 0.1) is 12.3 Å². The lowest BCUT2D eigenvalue weighted by Crippen LogP contribution is -2.33. The van der Waals surface area contributed by atoms with Gasteiger partial charge in [-0.25, -0.2) is 0 Å². The molecule has 0 aromatic carbocycles. The van der Waals surface area contributed by atoms with Crippen molar-refractivity contribution >= 4 is 0 Å². The summed E-state index contributed by atoms with van der Waals surface area (Å²) in [7, 11) is 0. The second-order valence-corrected chi connectivity index (χ2v) is 7.46. The van der Waals surface area contributed by atoms with E-state index in [1.807, 2.05) is 19.3 Å². The maximum absolute atomic E-state index is 5.88. The van der Waals surface area contributed by atoms with Crippen LogP contribution in [-0.2, 0) is 11.2 Å². The van der Waals surface area contributed by atoms with Gasteiger partial charge < -0.3 is 4.74 Å². The summed E-state index contributed by atoms with van der Waals surface area (Å²) < 4.78 is 5.88. The molecule has 3 heterocycles. The molecular weight excluding hydrogens is 324 g/mol. The number of hydrogen-bond donors (Lipinski definition) is 0. The Morgan fingerprint density at radius 1 is 1.23 bits per heavy atom. The van der Waals surface area contributed by atoms with Gasteiger partial charge in [-0.3, -0.25) is 19.9 Å². The van der Waals surface area contributed by atoms with Gasteiger partial charge in [-0.15, -0.1) is 0 Å². The van der Waals surface area contributed by atoms with Crippen molar-refractivity contribution in [1.82, 2.24) is 19.9 Å². The minimum Gasteiger partial charge on any atom is -0.381 e. The quantitative estimate of drug-likeness (QED) is 0.725. The van der Waals surface area contributed by atoms with Gasteiger partial charge in [0, 0.05) is 55.1 Å². The van der Waals surface area contributed by atoms with E-state index in [1.54, 1.807) is 12.4 Å². The number of ether oxygens (including phenoxy) is 1. The fraction of sp³-hybridized carbons (Fsp3) is 0.571. The normalized spacial score (nSPS) is 21.8. The van der Waals surface area contributed by atoms with Gasteiger partial charge in [0.1, 0.15) is 0 Å². The molecule has 140 valence electrons. The van der Waals surface area contributed by atoms with Crippen molar-refractivity contribution in [3.8, 4) is 0 Å². The van der Waals surface area contributed by atoms with Gasteiger partial charge in [0.25, 0.3) is 0 Å². The minimum absolute atomic E-state index is 0.194. The second-order valence-electron chi connectivity index (χ2n) is 7.46. The van der Waals surface area contributed by atoms with Crippen molar-refractivity contribution in [3.63, 3.8) is 0 Å². The van der Waals surface area contributed by atoms with Crippen LogP contribution in [0.1, 0.15) is 49.7 Å². The Morgan fingerprint density at radius 3 is 2.81 bits per heavy atom. The van der Waals surface area contributed by atoms with E-state index in [1.165, 1.54) is 5.56 Å². The molecule has 5 heteroatoms. The monoisotopic (exact) mass is 354 g/mol. The maximum Gasteiger partial charge on any atom is 0.0586 e. The Morgan fingerprint density at radius 2 is 2.12 bits per heavy atom. The molecule has 0 aliphatic carbocycles. The molecule has 1 aliphatic heterocycles. The van der Waals surface area contributed by atoms with E-state index >= 15 is 0 Å². The van der Waals surface area contributed by atoms with Crippen LogP contribution in [0.2, 0.25) is 0 Å².